The Morgan fingerprint density at radius 3 is 2.39 bits per heavy atom. The summed E-state index contributed by atoms with van der Waals surface area (Å²) < 4.78 is 1.90. The Morgan fingerprint density at radius 1 is 1.26 bits per heavy atom. The molecule has 1 N–H and O–H groups in total. The molecule has 5 nitrogen and oxygen atoms in total. The molecule has 0 unspecified atom stereocenters. The fourth-order valence-electron chi connectivity index (χ4n) is 4.36. The second-order valence-electron chi connectivity index (χ2n) is 8.18. The molecule has 1 saturated heterocycles. The number of hydrogen-bond donors (Lipinski definition) is 1. The van der Waals surface area contributed by atoms with E-state index in [1.54, 1.807) is 6.20 Å². The van der Waals surface area contributed by atoms with Crippen molar-refractivity contribution in [2.24, 2.45) is 16.7 Å². The van der Waals surface area contributed by atoms with Crippen LogP contribution in [0.5, 0.6) is 0 Å². The highest BCUT2D eigenvalue weighted by Crippen LogP contribution is 2.68. The average molecular weight is 319 g/mol. The molecule has 0 aromatic carbocycles. The molecule has 2 aliphatic rings. The molecule has 128 valence electrons. The average Bonchev–Trinajstić information content (AvgIpc) is 2.84. The predicted octanol–water partition coefficient (Wildman–Crippen LogP) is 2.26. The van der Waals surface area contributed by atoms with Crippen molar-refractivity contribution in [3.8, 4) is 0 Å². The number of carbonyl (C=O) groups excluding carboxylic acids is 1. The number of nitrogens with zero attached hydrogens (tertiary/aromatic N) is 3. The van der Waals surface area contributed by atoms with Gasteiger partial charge in [-0.15, -0.1) is 0 Å². The molecule has 0 atom stereocenters. The lowest BCUT2D eigenvalue weighted by molar-refractivity contribution is -0.134. The van der Waals surface area contributed by atoms with Gasteiger partial charge in [0.15, 0.2) is 0 Å². The maximum atomic E-state index is 12.8. The number of aliphatic hydroxyl groups is 1. The Labute approximate surface area is 138 Å². The van der Waals surface area contributed by atoms with Crippen molar-refractivity contribution in [1.29, 1.82) is 0 Å². The highest BCUT2D eigenvalue weighted by molar-refractivity contribution is 5.84. The highest BCUT2D eigenvalue weighted by Gasteiger charge is 2.68. The highest BCUT2D eigenvalue weighted by atomic mass is 16.3. The van der Waals surface area contributed by atoms with Crippen molar-refractivity contribution in [1.82, 2.24) is 14.7 Å². The molecule has 2 fully saturated rings. The van der Waals surface area contributed by atoms with Crippen LogP contribution in [0.4, 0.5) is 0 Å². The minimum atomic E-state index is 0.109. The maximum Gasteiger partial charge on any atom is 0.226 e. The Bertz CT molecular complexity index is 569. The van der Waals surface area contributed by atoms with Gasteiger partial charge in [0.2, 0.25) is 5.91 Å². The van der Waals surface area contributed by atoms with Crippen LogP contribution in [0.3, 0.4) is 0 Å². The second-order valence-corrected chi connectivity index (χ2v) is 8.18. The van der Waals surface area contributed by atoms with Crippen molar-refractivity contribution >= 4 is 5.91 Å². The third-order valence-electron chi connectivity index (χ3n) is 6.55. The molecule has 3 rings (SSSR count). The van der Waals surface area contributed by atoms with Crippen LogP contribution in [0.15, 0.2) is 12.3 Å². The van der Waals surface area contributed by atoms with E-state index in [4.69, 9.17) is 5.11 Å². The molecular formula is C18H29N3O2. The Balaban J connectivity index is 1.61. The monoisotopic (exact) mass is 319 g/mol. The van der Waals surface area contributed by atoms with E-state index in [1.165, 1.54) is 5.69 Å². The fraction of sp³-hybridized carbons (Fsp3) is 0.778. The Hall–Kier alpha value is -1.36. The van der Waals surface area contributed by atoms with Gasteiger partial charge in [-0.05, 0) is 29.7 Å². The number of likely N-dealkylation sites (tertiary alicyclic amines) is 1. The zero-order chi connectivity index (χ0) is 16.8. The summed E-state index contributed by atoms with van der Waals surface area (Å²) in [6.45, 7) is 11.1. The minimum Gasteiger partial charge on any atom is -0.394 e. The summed E-state index contributed by atoms with van der Waals surface area (Å²) in [4.78, 5) is 14.9. The normalized spacial score (nSPS) is 24.0. The summed E-state index contributed by atoms with van der Waals surface area (Å²) in [5.74, 6) is 0.933. The second kappa shape index (κ2) is 5.62. The van der Waals surface area contributed by atoms with Crippen LogP contribution in [0.2, 0.25) is 0 Å². The van der Waals surface area contributed by atoms with E-state index >= 15 is 0 Å². The quantitative estimate of drug-likeness (QED) is 0.926. The van der Waals surface area contributed by atoms with E-state index in [0.717, 1.165) is 25.9 Å². The van der Waals surface area contributed by atoms with E-state index < -0.39 is 0 Å². The maximum absolute atomic E-state index is 12.8. The lowest BCUT2D eigenvalue weighted by Crippen LogP contribution is -2.40. The third kappa shape index (κ3) is 2.59. The molecule has 1 amide bonds. The van der Waals surface area contributed by atoms with Gasteiger partial charge >= 0.3 is 0 Å². The van der Waals surface area contributed by atoms with E-state index in [9.17, 15) is 4.79 Å². The van der Waals surface area contributed by atoms with Crippen molar-refractivity contribution in [2.45, 2.75) is 53.0 Å². The lowest BCUT2D eigenvalue weighted by Gasteiger charge is -2.33. The third-order valence-corrected chi connectivity index (χ3v) is 6.55. The SMILES string of the molecule is CC1(C)C(C(=O)N2CCC(c3ccnn3CCO)CC2)C1(C)C. The summed E-state index contributed by atoms with van der Waals surface area (Å²) in [5, 5.41) is 13.4. The molecule has 1 aromatic rings. The van der Waals surface area contributed by atoms with Gasteiger partial charge in [0, 0.05) is 36.8 Å². The Kier molecular flexibility index (Phi) is 4.03. The van der Waals surface area contributed by atoms with Crippen molar-refractivity contribution in [3.05, 3.63) is 18.0 Å². The van der Waals surface area contributed by atoms with E-state index in [1.807, 2.05) is 10.7 Å². The number of carbonyl (C=O) groups is 1. The van der Waals surface area contributed by atoms with Gasteiger partial charge in [-0.2, -0.15) is 5.10 Å². The standard InChI is InChI=1S/C18H29N3O2/c1-17(2)15(18(17,3)4)16(23)20-9-6-13(7-10-20)14-5-8-19-21(14)11-12-22/h5,8,13,15,22H,6-7,9-12H2,1-4H3. The van der Waals surface area contributed by atoms with Gasteiger partial charge in [-0.1, -0.05) is 27.7 Å². The first kappa shape index (κ1) is 16.5. The molecule has 1 aromatic heterocycles. The number of amides is 1. The van der Waals surface area contributed by atoms with Gasteiger partial charge < -0.3 is 10.0 Å². The predicted molar refractivity (Wildman–Crippen MR) is 88.9 cm³/mol. The van der Waals surface area contributed by atoms with Crippen LogP contribution in [0, 0.1) is 16.7 Å². The van der Waals surface area contributed by atoms with Gasteiger partial charge in [-0.3, -0.25) is 9.48 Å². The van der Waals surface area contributed by atoms with Crippen molar-refractivity contribution < 1.29 is 9.90 Å². The summed E-state index contributed by atoms with van der Waals surface area (Å²) in [7, 11) is 0. The molecule has 0 bridgehead atoms. The first-order valence-electron chi connectivity index (χ1n) is 8.72. The Morgan fingerprint density at radius 2 is 1.87 bits per heavy atom. The number of rotatable bonds is 4. The van der Waals surface area contributed by atoms with Gasteiger partial charge in [-0.25, -0.2) is 0 Å². The summed E-state index contributed by atoms with van der Waals surface area (Å²) >= 11 is 0. The minimum absolute atomic E-state index is 0.109. The molecule has 1 aliphatic heterocycles. The molecule has 0 spiro atoms. The molecule has 2 heterocycles. The largest absolute Gasteiger partial charge is 0.394 e. The van der Waals surface area contributed by atoms with Gasteiger partial charge in [0.25, 0.3) is 0 Å². The van der Waals surface area contributed by atoms with Crippen LogP contribution in [0.1, 0.15) is 52.1 Å². The van der Waals surface area contributed by atoms with Crippen LogP contribution in [-0.4, -0.2) is 45.4 Å². The first-order valence-corrected chi connectivity index (χ1v) is 8.72. The molecule has 23 heavy (non-hydrogen) atoms. The van der Waals surface area contributed by atoms with Crippen LogP contribution in [0.25, 0.3) is 0 Å². The summed E-state index contributed by atoms with van der Waals surface area (Å²) in [6, 6.07) is 2.05. The van der Waals surface area contributed by atoms with Crippen LogP contribution in [-0.2, 0) is 11.3 Å². The summed E-state index contributed by atoms with van der Waals surface area (Å²) in [6.07, 6.45) is 3.77. The number of hydrogen-bond acceptors (Lipinski definition) is 3. The summed E-state index contributed by atoms with van der Waals surface area (Å²) in [5.41, 5.74) is 1.42. The zero-order valence-electron chi connectivity index (χ0n) is 14.7. The van der Waals surface area contributed by atoms with E-state index in [0.29, 0.717) is 18.4 Å². The van der Waals surface area contributed by atoms with Gasteiger partial charge in [0.05, 0.1) is 13.2 Å². The van der Waals surface area contributed by atoms with Crippen molar-refractivity contribution in [2.75, 3.05) is 19.7 Å². The number of piperidine rings is 1. The zero-order valence-corrected chi connectivity index (χ0v) is 14.7. The van der Waals surface area contributed by atoms with E-state index in [2.05, 4.69) is 37.7 Å². The molecule has 0 radical (unpaired) electrons. The van der Waals surface area contributed by atoms with Crippen molar-refractivity contribution in [3.63, 3.8) is 0 Å². The smallest absolute Gasteiger partial charge is 0.226 e. The topological polar surface area (TPSA) is 58.4 Å². The van der Waals surface area contributed by atoms with Crippen LogP contribution < -0.4 is 0 Å². The van der Waals surface area contributed by atoms with E-state index in [-0.39, 0.29) is 23.4 Å². The molecule has 5 heteroatoms. The molecule has 1 aliphatic carbocycles. The molecule has 1 saturated carbocycles. The number of aromatic nitrogens is 2. The lowest BCUT2D eigenvalue weighted by atomic mass is 9.93. The fourth-order valence-corrected chi connectivity index (χ4v) is 4.36. The first-order chi connectivity index (χ1) is 10.8. The van der Waals surface area contributed by atoms with Gasteiger partial charge in [0.1, 0.15) is 0 Å². The van der Waals surface area contributed by atoms with Crippen LogP contribution >= 0.6 is 0 Å². The molecular weight excluding hydrogens is 290 g/mol. The number of aliphatic hydroxyl groups excluding tert-OH is 1.